The van der Waals surface area contributed by atoms with Gasteiger partial charge in [0.2, 0.25) is 0 Å². The molecule has 0 spiro atoms. The molecule has 0 bridgehead atoms. The van der Waals surface area contributed by atoms with Gasteiger partial charge in [-0.15, -0.1) is 0 Å². The number of aromatic nitrogens is 1. The van der Waals surface area contributed by atoms with E-state index < -0.39 is 0 Å². The van der Waals surface area contributed by atoms with Crippen LogP contribution in [0.5, 0.6) is 0 Å². The first-order valence-corrected chi connectivity index (χ1v) is 9.35. The molecule has 1 aliphatic heterocycles. The van der Waals surface area contributed by atoms with E-state index in [9.17, 15) is 8.78 Å². The SMILES string of the molecule is CCN1Cc2c(n(CCc3ccc(F)cc3)c3c(F)cccc23)CC1C. The summed E-state index contributed by atoms with van der Waals surface area (Å²) in [5.74, 6) is -0.385. The Balaban J connectivity index is 1.76. The van der Waals surface area contributed by atoms with Crippen LogP contribution in [0.15, 0.2) is 42.5 Å². The van der Waals surface area contributed by atoms with E-state index in [0.717, 1.165) is 36.9 Å². The van der Waals surface area contributed by atoms with Crippen LogP contribution in [0.4, 0.5) is 8.78 Å². The van der Waals surface area contributed by atoms with Crippen LogP contribution in [0.1, 0.15) is 30.7 Å². The van der Waals surface area contributed by atoms with Crippen molar-refractivity contribution < 1.29 is 8.78 Å². The van der Waals surface area contributed by atoms with Gasteiger partial charge in [-0.3, -0.25) is 4.90 Å². The number of halogens is 2. The van der Waals surface area contributed by atoms with Crippen LogP contribution in [0.3, 0.4) is 0 Å². The van der Waals surface area contributed by atoms with E-state index in [2.05, 4.69) is 23.3 Å². The van der Waals surface area contributed by atoms with E-state index in [1.165, 1.54) is 23.4 Å². The molecule has 0 saturated heterocycles. The Morgan fingerprint density at radius 1 is 1.08 bits per heavy atom. The van der Waals surface area contributed by atoms with Gasteiger partial charge in [0.25, 0.3) is 0 Å². The maximum atomic E-state index is 14.7. The zero-order valence-electron chi connectivity index (χ0n) is 15.3. The van der Waals surface area contributed by atoms with E-state index in [1.807, 2.05) is 18.2 Å². The zero-order valence-corrected chi connectivity index (χ0v) is 15.3. The zero-order chi connectivity index (χ0) is 18.3. The van der Waals surface area contributed by atoms with Crippen molar-refractivity contribution in [2.24, 2.45) is 0 Å². The van der Waals surface area contributed by atoms with Crippen LogP contribution in [0, 0.1) is 11.6 Å². The van der Waals surface area contributed by atoms with Crippen molar-refractivity contribution in [2.45, 2.75) is 45.8 Å². The molecule has 0 amide bonds. The second-order valence-electron chi connectivity index (χ2n) is 7.21. The lowest BCUT2D eigenvalue weighted by Gasteiger charge is -2.33. The number of aryl methyl sites for hydroxylation is 2. The molecule has 1 unspecified atom stereocenters. The number of benzene rings is 2. The predicted octanol–water partition coefficient (Wildman–Crippen LogP) is 4.93. The molecule has 1 aromatic heterocycles. The summed E-state index contributed by atoms with van der Waals surface area (Å²) in [4.78, 5) is 2.44. The lowest BCUT2D eigenvalue weighted by molar-refractivity contribution is 0.192. The largest absolute Gasteiger partial charge is 0.342 e. The minimum atomic E-state index is -0.225. The van der Waals surface area contributed by atoms with Gasteiger partial charge in [0.05, 0.1) is 5.52 Å². The van der Waals surface area contributed by atoms with Crippen molar-refractivity contribution in [2.75, 3.05) is 6.54 Å². The molecule has 2 aromatic carbocycles. The third-order valence-corrected chi connectivity index (χ3v) is 5.67. The topological polar surface area (TPSA) is 8.17 Å². The van der Waals surface area contributed by atoms with Gasteiger partial charge in [0, 0.05) is 36.6 Å². The monoisotopic (exact) mass is 354 g/mol. The highest BCUT2D eigenvalue weighted by atomic mass is 19.1. The average Bonchev–Trinajstić information content (AvgIpc) is 2.94. The number of hydrogen-bond donors (Lipinski definition) is 0. The van der Waals surface area contributed by atoms with Crippen molar-refractivity contribution in [1.29, 1.82) is 0 Å². The summed E-state index contributed by atoms with van der Waals surface area (Å²) in [5.41, 5.74) is 4.30. The summed E-state index contributed by atoms with van der Waals surface area (Å²) in [7, 11) is 0. The molecule has 3 aromatic rings. The molecule has 0 N–H and O–H groups in total. The number of fused-ring (bicyclic) bond motifs is 3. The first-order chi connectivity index (χ1) is 12.6. The van der Waals surface area contributed by atoms with Crippen molar-refractivity contribution >= 4 is 10.9 Å². The Labute approximate surface area is 153 Å². The van der Waals surface area contributed by atoms with E-state index >= 15 is 0 Å². The number of rotatable bonds is 4. The molecule has 1 aliphatic rings. The molecular formula is C22H24F2N2. The van der Waals surface area contributed by atoms with Crippen LogP contribution < -0.4 is 0 Å². The number of para-hydroxylation sites is 1. The van der Waals surface area contributed by atoms with Crippen LogP contribution in [-0.4, -0.2) is 22.1 Å². The predicted molar refractivity (Wildman–Crippen MR) is 101 cm³/mol. The molecular weight excluding hydrogens is 330 g/mol. The minimum Gasteiger partial charge on any atom is -0.342 e. The molecule has 0 fully saturated rings. The average molecular weight is 354 g/mol. The van der Waals surface area contributed by atoms with E-state index in [1.54, 1.807) is 12.1 Å². The smallest absolute Gasteiger partial charge is 0.147 e. The summed E-state index contributed by atoms with van der Waals surface area (Å²) >= 11 is 0. The first kappa shape index (κ1) is 17.2. The number of nitrogens with zero attached hydrogens (tertiary/aromatic N) is 2. The Morgan fingerprint density at radius 3 is 2.58 bits per heavy atom. The van der Waals surface area contributed by atoms with E-state index in [4.69, 9.17) is 0 Å². The summed E-state index contributed by atoms with van der Waals surface area (Å²) in [6, 6.07) is 12.4. The highest BCUT2D eigenvalue weighted by molar-refractivity contribution is 5.86. The summed E-state index contributed by atoms with van der Waals surface area (Å²) in [5, 5.41) is 1.03. The standard InChI is InChI=1S/C22H24F2N2/c1-3-25-14-19-18-5-4-6-20(24)22(18)26(21(19)13-15(25)2)12-11-16-7-9-17(23)10-8-16/h4-10,15H,3,11-14H2,1-2H3. The van der Waals surface area contributed by atoms with Crippen LogP contribution in [0.25, 0.3) is 10.9 Å². The normalized spacial score (nSPS) is 17.6. The van der Waals surface area contributed by atoms with Gasteiger partial charge in [-0.2, -0.15) is 0 Å². The Kier molecular flexibility index (Phi) is 4.53. The fourth-order valence-corrected chi connectivity index (χ4v) is 4.23. The number of likely N-dealkylation sites (N-methyl/N-ethyl adjacent to an activating group) is 1. The van der Waals surface area contributed by atoms with E-state index in [-0.39, 0.29) is 11.6 Å². The molecule has 136 valence electrons. The molecule has 4 rings (SSSR count). The van der Waals surface area contributed by atoms with Crippen molar-refractivity contribution in [1.82, 2.24) is 9.47 Å². The maximum Gasteiger partial charge on any atom is 0.147 e. The lowest BCUT2D eigenvalue weighted by Crippen LogP contribution is -2.38. The van der Waals surface area contributed by atoms with Crippen molar-refractivity contribution in [3.63, 3.8) is 0 Å². The number of hydrogen-bond acceptors (Lipinski definition) is 1. The minimum absolute atomic E-state index is 0.160. The van der Waals surface area contributed by atoms with Gasteiger partial charge in [-0.25, -0.2) is 8.78 Å². The van der Waals surface area contributed by atoms with Crippen LogP contribution >= 0.6 is 0 Å². The van der Waals surface area contributed by atoms with Crippen molar-refractivity contribution in [3.8, 4) is 0 Å². The third-order valence-electron chi connectivity index (χ3n) is 5.67. The van der Waals surface area contributed by atoms with Gasteiger partial charge in [-0.1, -0.05) is 31.2 Å². The van der Waals surface area contributed by atoms with Gasteiger partial charge in [0.15, 0.2) is 0 Å². The second kappa shape index (κ2) is 6.84. The Morgan fingerprint density at radius 2 is 1.85 bits per heavy atom. The van der Waals surface area contributed by atoms with Gasteiger partial charge in [0.1, 0.15) is 11.6 Å². The van der Waals surface area contributed by atoms with Crippen molar-refractivity contribution in [3.05, 3.63) is 70.9 Å². The highest BCUT2D eigenvalue weighted by Crippen LogP contribution is 2.34. The van der Waals surface area contributed by atoms with E-state index in [0.29, 0.717) is 18.1 Å². The van der Waals surface area contributed by atoms with Crippen LogP contribution in [0.2, 0.25) is 0 Å². The molecule has 2 heterocycles. The molecule has 0 aliphatic carbocycles. The van der Waals surface area contributed by atoms with Gasteiger partial charge in [-0.05, 0) is 49.2 Å². The molecule has 4 heteroatoms. The molecule has 0 saturated carbocycles. The third kappa shape index (κ3) is 2.92. The summed E-state index contributed by atoms with van der Waals surface area (Å²) in [6.45, 7) is 6.99. The lowest BCUT2D eigenvalue weighted by atomic mass is 9.99. The Hall–Kier alpha value is -2.20. The van der Waals surface area contributed by atoms with Crippen LogP contribution in [-0.2, 0) is 25.9 Å². The fourth-order valence-electron chi connectivity index (χ4n) is 4.23. The molecule has 1 atom stereocenters. The molecule has 2 nitrogen and oxygen atoms in total. The van der Waals surface area contributed by atoms with Gasteiger partial charge < -0.3 is 4.57 Å². The fraction of sp³-hybridized carbons (Fsp3) is 0.364. The Bertz CT molecular complexity index is 927. The highest BCUT2D eigenvalue weighted by Gasteiger charge is 2.28. The molecule has 0 radical (unpaired) electrons. The quantitative estimate of drug-likeness (QED) is 0.645. The van der Waals surface area contributed by atoms with Gasteiger partial charge >= 0.3 is 0 Å². The molecule has 26 heavy (non-hydrogen) atoms. The second-order valence-corrected chi connectivity index (χ2v) is 7.21. The maximum absolute atomic E-state index is 14.7. The summed E-state index contributed by atoms with van der Waals surface area (Å²) < 4.78 is 30.0. The summed E-state index contributed by atoms with van der Waals surface area (Å²) in [6.07, 6.45) is 1.69. The first-order valence-electron chi connectivity index (χ1n) is 9.35.